The summed E-state index contributed by atoms with van der Waals surface area (Å²) in [6.07, 6.45) is 0.430. The molecule has 0 bridgehead atoms. The molecule has 1 aliphatic heterocycles. The molecule has 0 aromatic heterocycles. The van der Waals surface area contributed by atoms with Gasteiger partial charge in [0.05, 0.1) is 4.47 Å². The molecule has 0 saturated carbocycles. The summed E-state index contributed by atoms with van der Waals surface area (Å²) in [6.45, 7) is 4.17. The molecular weight excluding hydrogens is 339 g/mol. The van der Waals surface area contributed by atoms with Gasteiger partial charge in [-0.3, -0.25) is 4.79 Å². The van der Waals surface area contributed by atoms with Gasteiger partial charge in [0.15, 0.2) is 6.10 Å². The maximum atomic E-state index is 13.0. The zero-order chi connectivity index (χ0) is 15.4. The van der Waals surface area contributed by atoms with Gasteiger partial charge >= 0.3 is 0 Å². The molecule has 1 aromatic rings. The van der Waals surface area contributed by atoms with Crippen molar-refractivity contribution in [3.8, 4) is 5.75 Å². The van der Waals surface area contributed by atoms with Gasteiger partial charge in [0.2, 0.25) is 0 Å². The Morgan fingerprint density at radius 3 is 3.05 bits per heavy atom. The molecule has 1 fully saturated rings. The van der Waals surface area contributed by atoms with E-state index < -0.39 is 6.10 Å². The maximum Gasteiger partial charge on any atom is 0.263 e. The van der Waals surface area contributed by atoms with Crippen LogP contribution in [0.4, 0.5) is 4.39 Å². The quantitative estimate of drug-likeness (QED) is 0.878. The fraction of sp³-hybridized carbons (Fsp3) is 0.533. The van der Waals surface area contributed by atoms with Gasteiger partial charge < -0.3 is 15.0 Å². The van der Waals surface area contributed by atoms with Crippen LogP contribution in [0.3, 0.4) is 0 Å². The Morgan fingerprint density at radius 1 is 1.62 bits per heavy atom. The molecule has 1 N–H and O–H groups in total. The molecule has 21 heavy (non-hydrogen) atoms. The van der Waals surface area contributed by atoms with Crippen molar-refractivity contribution in [2.24, 2.45) is 5.92 Å². The molecule has 1 heterocycles. The van der Waals surface area contributed by atoms with Gasteiger partial charge in [-0.05, 0) is 67.0 Å². The molecule has 0 radical (unpaired) electrons. The number of ether oxygens (including phenoxy) is 1. The molecule has 0 spiro atoms. The number of carbonyl (C=O) groups is 1. The second-order valence-corrected chi connectivity index (χ2v) is 6.19. The minimum absolute atomic E-state index is 0.0233. The Morgan fingerprint density at radius 2 is 2.38 bits per heavy atom. The van der Waals surface area contributed by atoms with Crippen LogP contribution in [0.15, 0.2) is 22.7 Å². The standard InChI is InChI=1S/C15H20BrFN2O2/c1-10(21-14-4-3-12(17)7-13(14)16)15(20)19-6-5-11(9-19)8-18-2/h3-4,7,10-11,18H,5-6,8-9H2,1-2H3/t10-,11-/m1/s1. The van der Waals surface area contributed by atoms with Crippen molar-refractivity contribution >= 4 is 21.8 Å². The lowest BCUT2D eigenvalue weighted by atomic mass is 10.1. The van der Waals surface area contributed by atoms with E-state index in [1.807, 2.05) is 11.9 Å². The van der Waals surface area contributed by atoms with E-state index >= 15 is 0 Å². The van der Waals surface area contributed by atoms with Crippen molar-refractivity contribution in [3.63, 3.8) is 0 Å². The van der Waals surface area contributed by atoms with Crippen LogP contribution in [0.2, 0.25) is 0 Å². The number of carbonyl (C=O) groups excluding carboxylic acids is 1. The van der Waals surface area contributed by atoms with E-state index in [9.17, 15) is 9.18 Å². The Kier molecular flexibility index (Phi) is 5.58. The molecule has 4 nitrogen and oxygen atoms in total. The fourth-order valence-corrected chi connectivity index (χ4v) is 3.00. The van der Waals surface area contributed by atoms with Crippen molar-refractivity contribution in [3.05, 3.63) is 28.5 Å². The van der Waals surface area contributed by atoms with E-state index in [4.69, 9.17) is 4.74 Å². The zero-order valence-corrected chi connectivity index (χ0v) is 13.8. The number of hydrogen-bond acceptors (Lipinski definition) is 3. The van der Waals surface area contributed by atoms with Gasteiger partial charge in [0, 0.05) is 13.1 Å². The average Bonchev–Trinajstić information content (AvgIpc) is 2.90. The third kappa shape index (κ3) is 4.17. The van der Waals surface area contributed by atoms with Crippen LogP contribution in [-0.2, 0) is 4.79 Å². The summed E-state index contributed by atoms with van der Waals surface area (Å²) in [6, 6.07) is 4.17. The zero-order valence-electron chi connectivity index (χ0n) is 12.2. The topological polar surface area (TPSA) is 41.6 Å². The highest BCUT2D eigenvalue weighted by atomic mass is 79.9. The monoisotopic (exact) mass is 358 g/mol. The van der Waals surface area contributed by atoms with Crippen molar-refractivity contribution in [1.29, 1.82) is 0 Å². The van der Waals surface area contributed by atoms with Crippen LogP contribution in [-0.4, -0.2) is 43.6 Å². The minimum atomic E-state index is -0.583. The Hall–Kier alpha value is -1.14. The van der Waals surface area contributed by atoms with Crippen molar-refractivity contribution in [2.75, 3.05) is 26.7 Å². The summed E-state index contributed by atoms with van der Waals surface area (Å²) in [7, 11) is 1.92. The van der Waals surface area contributed by atoms with E-state index in [0.717, 1.165) is 26.1 Å². The van der Waals surface area contributed by atoms with E-state index in [-0.39, 0.29) is 11.7 Å². The predicted octanol–water partition coefficient (Wildman–Crippen LogP) is 2.42. The molecule has 1 saturated heterocycles. The number of likely N-dealkylation sites (tertiary alicyclic amines) is 1. The van der Waals surface area contributed by atoms with Gasteiger partial charge in [0.1, 0.15) is 11.6 Å². The summed E-state index contributed by atoms with van der Waals surface area (Å²) < 4.78 is 19.2. The van der Waals surface area contributed by atoms with Crippen LogP contribution >= 0.6 is 15.9 Å². The third-order valence-electron chi connectivity index (χ3n) is 3.64. The van der Waals surface area contributed by atoms with Gasteiger partial charge in [0.25, 0.3) is 5.91 Å². The lowest BCUT2D eigenvalue weighted by Gasteiger charge is -2.22. The van der Waals surface area contributed by atoms with E-state index in [2.05, 4.69) is 21.2 Å². The number of benzene rings is 1. The predicted molar refractivity (Wildman–Crippen MR) is 82.8 cm³/mol. The lowest BCUT2D eigenvalue weighted by molar-refractivity contribution is -0.137. The first-order chi connectivity index (χ1) is 10.0. The first-order valence-electron chi connectivity index (χ1n) is 7.06. The summed E-state index contributed by atoms with van der Waals surface area (Å²) in [5, 5.41) is 3.14. The number of hydrogen-bond donors (Lipinski definition) is 1. The highest BCUT2D eigenvalue weighted by Gasteiger charge is 2.29. The summed E-state index contributed by atoms with van der Waals surface area (Å²) in [4.78, 5) is 14.2. The molecule has 0 unspecified atom stereocenters. The average molecular weight is 359 g/mol. The van der Waals surface area contributed by atoms with Crippen LogP contribution < -0.4 is 10.1 Å². The summed E-state index contributed by atoms with van der Waals surface area (Å²) in [5.74, 6) is 0.611. The second kappa shape index (κ2) is 7.22. The molecule has 116 valence electrons. The fourth-order valence-electron chi connectivity index (χ4n) is 2.56. The molecule has 1 amide bonds. The number of nitrogens with one attached hydrogen (secondary N) is 1. The van der Waals surface area contributed by atoms with Crippen LogP contribution in [0.25, 0.3) is 0 Å². The van der Waals surface area contributed by atoms with E-state index in [1.165, 1.54) is 18.2 Å². The van der Waals surface area contributed by atoms with Crippen LogP contribution in [0.1, 0.15) is 13.3 Å². The maximum absolute atomic E-state index is 13.0. The molecule has 1 aliphatic rings. The molecule has 0 aliphatic carbocycles. The normalized spacial score (nSPS) is 19.6. The van der Waals surface area contributed by atoms with Gasteiger partial charge in [-0.2, -0.15) is 0 Å². The van der Waals surface area contributed by atoms with Crippen molar-refractivity contribution in [1.82, 2.24) is 10.2 Å². The Labute approximate surface area is 132 Å². The molecule has 2 rings (SSSR count). The number of halogens is 2. The van der Waals surface area contributed by atoms with E-state index in [1.54, 1.807) is 6.92 Å². The van der Waals surface area contributed by atoms with Crippen LogP contribution in [0.5, 0.6) is 5.75 Å². The van der Waals surface area contributed by atoms with Gasteiger partial charge in [-0.25, -0.2) is 4.39 Å². The van der Waals surface area contributed by atoms with Crippen molar-refractivity contribution < 1.29 is 13.9 Å². The molecule has 2 atom stereocenters. The smallest absolute Gasteiger partial charge is 0.263 e. The molecule has 1 aromatic carbocycles. The lowest BCUT2D eigenvalue weighted by Crippen LogP contribution is -2.39. The van der Waals surface area contributed by atoms with Crippen LogP contribution in [0, 0.1) is 11.7 Å². The van der Waals surface area contributed by atoms with Crippen molar-refractivity contribution in [2.45, 2.75) is 19.4 Å². The molecular formula is C15H20BrFN2O2. The largest absolute Gasteiger partial charge is 0.480 e. The minimum Gasteiger partial charge on any atom is -0.480 e. The van der Waals surface area contributed by atoms with Gasteiger partial charge in [-0.1, -0.05) is 0 Å². The third-order valence-corrected chi connectivity index (χ3v) is 4.26. The first-order valence-corrected chi connectivity index (χ1v) is 7.85. The summed E-state index contributed by atoms with van der Waals surface area (Å²) >= 11 is 3.24. The Balaban J connectivity index is 1.94. The summed E-state index contributed by atoms with van der Waals surface area (Å²) in [5.41, 5.74) is 0. The van der Waals surface area contributed by atoms with E-state index in [0.29, 0.717) is 16.1 Å². The first kappa shape index (κ1) is 16.2. The second-order valence-electron chi connectivity index (χ2n) is 5.33. The number of amides is 1. The number of nitrogens with zero attached hydrogens (tertiary/aromatic N) is 1. The number of rotatable bonds is 5. The van der Waals surface area contributed by atoms with Gasteiger partial charge in [-0.15, -0.1) is 0 Å². The highest BCUT2D eigenvalue weighted by molar-refractivity contribution is 9.10. The molecule has 6 heteroatoms. The highest BCUT2D eigenvalue weighted by Crippen LogP contribution is 2.27. The Bertz CT molecular complexity index is 512. The SMILES string of the molecule is CNC[C@H]1CCN(C(=O)[C@@H](C)Oc2ccc(F)cc2Br)C1.